The van der Waals surface area contributed by atoms with Crippen LogP contribution in [0, 0.1) is 0 Å². The van der Waals surface area contributed by atoms with E-state index in [1.807, 2.05) is 20.8 Å². The second kappa shape index (κ2) is 4.41. The molecule has 0 saturated heterocycles. The first-order chi connectivity index (χ1) is 6.50. The molecule has 5 heteroatoms. The van der Waals surface area contributed by atoms with Gasteiger partial charge in [0.25, 0.3) is 0 Å². The fourth-order valence-electron chi connectivity index (χ4n) is 0.642. The number of rotatable bonds is 2. The van der Waals surface area contributed by atoms with Crippen molar-refractivity contribution in [1.29, 1.82) is 0 Å². The molecule has 0 fully saturated rings. The van der Waals surface area contributed by atoms with Gasteiger partial charge >= 0.3 is 0 Å². The van der Waals surface area contributed by atoms with Gasteiger partial charge in [-0.25, -0.2) is 4.21 Å². The van der Waals surface area contributed by atoms with Gasteiger partial charge in [-0.3, -0.25) is 0 Å². The molecule has 1 aromatic rings. The van der Waals surface area contributed by atoms with E-state index < -0.39 is 11.0 Å². The van der Waals surface area contributed by atoms with E-state index in [2.05, 4.69) is 14.6 Å². The molecule has 0 saturated carbocycles. The zero-order valence-electron chi connectivity index (χ0n) is 8.47. The van der Waals surface area contributed by atoms with Crippen molar-refractivity contribution < 1.29 is 4.21 Å². The molecule has 0 aromatic carbocycles. The van der Waals surface area contributed by atoms with Crippen molar-refractivity contribution >= 4 is 17.2 Å². The molecule has 14 heavy (non-hydrogen) atoms. The zero-order chi connectivity index (χ0) is 10.6. The molecule has 0 radical (unpaired) electrons. The summed E-state index contributed by atoms with van der Waals surface area (Å²) in [5.74, 6) is 0. The molecule has 4 nitrogen and oxygen atoms in total. The zero-order valence-corrected chi connectivity index (χ0v) is 9.28. The van der Waals surface area contributed by atoms with Gasteiger partial charge in [0.05, 0.1) is 11.0 Å². The lowest BCUT2D eigenvalue weighted by atomic mass is 10.3. The lowest BCUT2D eigenvalue weighted by molar-refractivity contribution is 0.651. The normalized spacial score (nSPS) is 14.5. The number of aromatic nitrogens is 2. The maximum atomic E-state index is 11.5. The van der Waals surface area contributed by atoms with Crippen molar-refractivity contribution in [2.75, 3.05) is 0 Å². The fourth-order valence-corrected chi connectivity index (χ4v) is 1.16. The summed E-state index contributed by atoms with van der Waals surface area (Å²) in [4.78, 5) is 0. The largest absolute Gasteiger partial charge is 0.234 e. The van der Waals surface area contributed by atoms with Crippen LogP contribution < -0.4 is 0 Å². The van der Waals surface area contributed by atoms with Crippen LogP contribution in [0.1, 0.15) is 26.5 Å². The molecule has 0 unspecified atom stereocenters. The van der Waals surface area contributed by atoms with Crippen molar-refractivity contribution in [3.05, 3.63) is 24.0 Å². The number of nitrogens with zero attached hydrogens (tertiary/aromatic N) is 3. The second-order valence-corrected chi connectivity index (χ2v) is 5.68. The Balaban J connectivity index is 2.71. The first-order valence-electron chi connectivity index (χ1n) is 4.24. The molecule has 0 amide bonds. The molecular weight excluding hydrogens is 198 g/mol. The van der Waals surface area contributed by atoms with Gasteiger partial charge in [0.15, 0.2) is 0 Å². The average molecular weight is 211 g/mol. The highest BCUT2D eigenvalue weighted by Crippen LogP contribution is 2.11. The molecule has 1 rings (SSSR count). The van der Waals surface area contributed by atoms with Crippen molar-refractivity contribution in [1.82, 2.24) is 10.2 Å². The van der Waals surface area contributed by atoms with E-state index in [1.165, 1.54) is 6.21 Å². The highest BCUT2D eigenvalue weighted by atomic mass is 32.2. The minimum absolute atomic E-state index is 0.335. The Kier molecular flexibility index (Phi) is 3.46. The average Bonchev–Trinajstić information content (AvgIpc) is 2.14. The van der Waals surface area contributed by atoms with Gasteiger partial charge in [-0.1, -0.05) is 0 Å². The molecule has 0 N–H and O–H groups in total. The van der Waals surface area contributed by atoms with Crippen LogP contribution in [0.25, 0.3) is 0 Å². The lowest BCUT2D eigenvalue weighted by Crippen LogP contribution is -2.19. The van der Waals surface area contributed by atoms with E-state index >= 15 is 0 Å². The lowest BCUT2D eigenvalue weighted by Gasteiger charge is -2.12. The maximum Gasteiger partial charge on any atom is 0.144 e. The Morgan fingerprint density at radius 1 is 1.50 bits per heavy atom. The van der Waals surface area contributed by atoms with E-state index in [1.54, 1.807) is 18.3 Å². The molecule has 0 spiro atoms. The van der Waals surface area contributed by atoms with Crippen LogP contribution >= 0.6 is 0 Å². The summed E-state index contributed by atoms with van der Waals surface area (Å²) in [6.07, 6.45) is 3.06. The number of hydrogen-bond donors (Lipinski definition) is 0. The van der Waals surface area contributed by atoms with E-state index in [-0.39, 0.29) is 4.75 Å². The molecule has 0 aliphatic carbocycles. The van der Waals surface area contributed by atoms with Gasteiger partial charge in [0.2, 0.25) is 0 Å². The third-order valence-corrected chi connectivity index (χ3v) is 2.74. The molecule has 0 aliphatic heterocycles. The smallest absolute Gasteiger partial charge is 0.144 e. The van der Waals surface area contributed by atoms with Crippen molar-refractivity contribution in [3.63, 3.8) is 0 Å². The molecule has 1 aromatic heterocycles. The Labute approximate surface area is 86.1 Å². The number of hydrogen-bond acceptors (Lipinski definition) is 3. The molecule has 0 aliphatic rings. The molecule has 1 heterocycles. The van der Waals surface area contributed by atoms with Gasteiger partial charge in [-0.2, -0.15) is 9.50 Å². The maximum absolute atomic E-state index is 11.5. The fraction of sp³-hybridized carbons (Fsp3) is 0.444. The van der Waals surface area contributed by atoms with Gasteiger partial charge in [0.1, 0.15) is 16.7 Å². The molecule has 0 bridgehead atoms. The van der Waals surface area contributed by atoms with Crippen LogP contribution in [0.4, 0.5) is 0 Å². The van der Waals surface area contributed by atoms with Crippen LogP contribution in [0.15, 0.2) is 22.7 Å². The SMILES string of the molecule is CC(C)(C)[S@@](=O)/N=C/c1cccnn1. The summed E-state index contributed by atoms with van der Waals surface area (Å²) in [6.45, 7) is 5.62. The molecule has 76 valence electrons. The Hall–Kier alpha value is -1.10. The van der Waals surface area contributed by atoms with Crippen LogP contribution in [0.3, 0.4) is 0 Å². The Bertz CT molecular complexity index is 343. The predicted octanol–water partition coefficient (Wildman–Crippen LogP) is 1.36. The monoisotopic (exact) mass is 211 g/mol. The third kappa shape index (κ3) is 3.33. The van der Waals surface area contributed by atoms with E-state index in [0.717, 1.165) is 0 Å². The summed E-state index contributed by atoms with van der Waals surface area (Å²) < 4.78 is 15.1. The van der Waals surface area contributed by atoms with Gasteiger partial charge in [-0.05, 0) is 32.9 Å². The van der Waals surface area contributed by atoms with Crippen LogP contribution in [0.2, 0.25) is 0 Å². The standard InChI is InChI=1S/C9H13N3OS/c1-9(2,3)14(13)11-7-8-5-4-6-10-12-8/h4-7H,1-3H3/b11-7+/t14-/m1/s1. The van der Waals surface area contributed by atoms with E-state index in [4.69, 9.17) is 0 Å². The van der Waals surface area contributed by atoms with E-state index in [0.29, 0.717) is 5.69 Å². The van der Waals surface area contributed by atoms with Crippen LogP contribution in [-0.4, -0.2) is 25.4 Å². The summed E-state index contributed by atoms with van der Waals surface area (Å²) in [6, 6.07) is 3.52. The van der Waals surface area contributed by atoms with Crippen molar-refractivity contribution in [2.45, 2.75) is 25.5 Å². The topological polar surface area (TPSA) is 55.2 Å². The van der Waals surface area contributed by atoms with E-state index in [9.17, 15) is 4.21 Å². The van der Waals surface area contributed by atoms with Crippen molar-refractivity contribution in [2.24, 2.45) is 4.40 Å². The van der Waals surface area contributed by atoms with Gasteiger partial charge in [-0.15, -0.1) is 5.10 Å². The van der Waals surface area contributed by atoms with Gasteiger partial charge in [0, 0.05) is 6.20 Å². The summed E-state index contributed by atoms with van der Waals surface area (Å²) in [7, 11) is -1.24. The van der Waals surface area contributed by atoms with Crippen LogP contribution in [-0.2, 0) is 11.0 Å². The van der Waals surface area contributed by atoms with Gasteiger partial charge < -0.3 is 0 Å². The summed E-state index contributed by atoms with van der Waals surface area (Å²) >= 11 is 0. The minimum atomic E-state index is -1.24. The summed E-state index contributed by atoms with van der Waals surface area (Å²) in [5.41, 5.74) is 0.616. The molecular formula is C9H13N3OS. The highest BCUT2D eigenvalue weighted by molar-refractivity contribution is 7.85. The third-order valence-electron chi connectivity index (χ3n) is 1.40. The Morgan fingerprint density at radius 3 is 2.71 bits per heavy atom. The second-order valence-electron chi connectivity index (χ2n) is 3.74. The quantitative estimate of drug-likeness (QED) is 0.694. The Morgan fingerprint density at radius 2 is 2.21 bits per heavy atom. The predicted molar refractivity (Wildman–Crippen MR) is 57.5 cm³/mol. The van der Waals surface area contributed by atoms with Crippen molar-refractivity contribution in [3.8, 4) is 0 Å². The first-order valence-corrected chi connectivity index (χ1v) is 5.34. The molecule has 1 atom stereocenters. The first kappa shape index (κ1) is 11.0. The van der Waals surface area contributed by atoms with Crippen LogP contribution in [0.5, 0.6) is 0 Å². The minimum Gasteiger partial charge on any atom is -0.234 e. The summed E-state index contributed by atoms with van der Waals surface area (Å²) in [5, 5.41) is 7.48. The highest BCUT2D eigenvalue weighted by Gasteiger charge is 2.18.